The smallest absolute Gasteiger partial charge is 0.343 e. The third-order valence-electron chi connectivity index (χ3n) is 2.44. The highest BCUT2D eigenvalue weighted by molar-refractivity contribution is 9.10. The van der Waals surface area contributed by atoms with E-state index in [2.05, 4.69) is 30.9 Å². The maximum Gasteiger partial charge on any atom is 0.343 e. The minimum absolute atomic E-state index is 0.0415. The molecule has 0 amide bonds. The number of H-pyrrole nitrogens is 1. The molecular formula is C11H8BrCl2N3O2. The molecule has 19 heavy (non-hydrogen) atoms. The predicted octanol–water partition coefficient (Wildman–Crippen LogP) is 3.51. The molecule has 1 heterocycles. The lowest BCUT2D eigenvalue weighted by atomic mass is 10.1. The van der Waals surface area contributed by atoms with Gasteiger partial charge in [-0.3, -0.25) is 5.10 Å². The molecule has 1 aromatic heterocycles. The van der Waals surface area contributed by atoms with Crippen LogP contribution in [0.25, 0.3) is 11.3 Å². The van der Waals surface area contributed by atoms with E-state index in [9.17, 15) is 4.79 Å². The van der Waals surface area contributed by atoms with Gasteiger partial charge in [-0.25, -0.2) is 4.79 Å². The summed E-state index contributed by atoms with van der Waals surface area (Å²) in [7, 11) is 1.26. The zero-order chi connectivity index (χ0) is 14.2. The van der Waals surface area contributed by atoms with Gasteiger partial charge in [-0.1, -0.05) is 23.2 Å². The average Bonchev–Trinajstić information content (AvgIpc) is 2.69. The van der Waals surface area contributed by atoms with Crippen molar-refractivity contribution in [3.63, 3.8) is 0 Å². The molecule has 0 atom stereocenters. The van der Waals surface area contributed by atoms with Crippen molar-refractivity contribution in [3.8, 4) is 11.3 Å². The van der Waals surface area contributed by atoms with Crippen molar-refractivity contribution in [3.05, 3.63) is 32.2 Å². The Morgan fingerprint density at radius 1 is 1.47 bits per heavy atom. The molecule has 0 spiro atoms. The van der Waals surface area contributed by atoms with E-state index in [1.54, 1.807) is 12.1 Å². The Bertz CT molecular complexity index is 634. The summed E-state index contributed by atoms with van der Waals surface area (Å²) in [5.41, 5.74) is 6.70. The molecule has 0 bridgehead atoms. The van der Waals surface area contributed by atoms with Crippen molar-refractivity contribution in [2.45, 2.75) is 0 Å². The van der Waals surface area contributed by atoms with Crippen LogP contribution in [0, 0.1) is 0 Å². The fourth-order valence-corrected chi connectivity index (χ4v) is 3.12. The summed E-state index contributed by atoms with van der Waals surface area (Å²) in [6, 6.07) is 3.21. The highest BCUT2D eigenvalue weighted by atomic mass is 79.9. The van der Waals surface area contributed by atoms with Crippen LogP contribution in [0.15, 0.2) is 16.6 Å². The number of carbonyl (C=O) groups excluding carboxylic acids is 1. The van der Waals surface area contributed by atoms with E-state index in [1.807, 2.05) is 0 Å². The zero-order valence-corrected chi connectivity index (χ0v) is 12.7. The first kappa shape index (κ1) is 14.2. The fraction of sp³-hybridized carbons (Fsp3) is 0.0909. The van der Waals surface area contributed by atoms with E-state index in [0.717, 1.165) is 0 Å². The lowest BCUT2D eigenvalue weighted by molar-refractivity contribution is 0.0603. The van der Waals surface area contributed by atoms with Gasteiger partial charge in [0.1, 0.15) is 5.56 Å². The Morgan fingerprint density at radius 3 is 2.74 bits per heavy atom. The summed E-state index contributed by atoms with van der Waals surface area (Å²) < 4.78 is 5.29. The Balaban J connectivity index is 2.70. The second-order valence-electron chi connectivity index (χ2n) is 3.59. The molecule has 3 N–H and O–H groups in total. The van der Waals surface area contributed by atoms with Gasteiger partial charge in [0.15, 0.2) is 5.82 Å². The minimum Gasteiger partial charge on any atom is -0.465 e. The predicted molar refractivity (Wildman–Crippen MR) is 77.5 cm³/mol. The van der Waals surface area contributed by atoms with Crippen LogP contribution in [0.4, 0.5) is 5.82 Å². The van der Waals surface area contributed by atoms with Crippen LogP contribution in [-0.2, 0) is 4.74 Å². The summed E-state index contributed by atoms with van der Waals surface area (Å²) in [5, 5.41) is 7.30. The molecule has 0 fully saturated rings. The molecule has 2 aromatic rings. The molecule has 0 saturated carbocycles. The Labute approximate surface area is 127 Å². The Kier molecular flexibility index (Phi) is 4.03. The van der Waals surface area contributed by atoms with Crippen LogP contribution in [-0.4, -0.2) is 23.3 Å². The number of nitrogen functional groups attached to an aromatic ring is 1. The summed E-state index contributed by atoms with van der Waals surface area (Å²) in [5.74, 6) is -0.557. The first-order valence-corrected chi connectivity index (χ1v) is 6.57. The maximum absolute atomic E-state index is 11.7. The van der Waals surface area contributed by atoms with Crippen molar-refractivity contribution in [1.29, 1.82) is 0 Å². The number of esters is 1. The molecule has 8 heteroatoms. The van der Waals surface area contributed by atoms with E-state index < -0.39 is 5.97 Å². The highest BCUT2D eigenvalue weighted by Gasteiger charge is 2.23. The second-order valence-corrected chi connectivity index (χ2v) is 5.29. The van der Waals surface area contributed by atoms with Gasteiger partial charge in [-0.15, -0.1) is 0 Å². The number of ether oxygens (including phenoxy) is 1. The van der Waals surface area contributed by atoms with Gasteiger partial charge in [0.2, 0.25) is 0 Å². The molecule has 0 aliphatic rings. The molecule has 0 unspecified atom stereocenters. The number of aromatic amines is 1. The third-order valence-corrected chi connectivity index (χ3v) is 3.58. The fourth-order valence-electron chi connectivity index (χ4n) is 1.63. The molecule has 0 aliphatic carbocycles. The number of hydrogen-bond donors (Lipinski definition) is 2. The summed E-state index contributed by atoms with van der Waals surface area (Å²) >= 11 is 15.4. The number of rotatable bonds is 2. The van der Waals surface area contributed by atoms with Gasteiger partial charge in [-0.05, 0) is 28.1 Å². The van der Waals surface area contributed by atoms with Gasteiger partial charge >= 0.3 is 5.97 Å². The molecule has 0 aliphatic heterocycles. The molecule has 0 saturated heterocycles. The van der Waals surface area contributed by atoms with Gasteiger partial charge in [0.05, 0.1) is 17.8 Å². The molecular weight excluding hydrogens is 357 g/mol. The lowest BCUT2D eigenvalue weighted by Gasteiger charge is -2.08. The molecule has 2 rings (SSSR count). The first-order chi connectivity index (χ1) is 8.95. The number of benzene rings is 1. The zero-order valence-electron chi connectivity index (χ0n) is 9.63. The number of nitrogens with zero attached hydrogens (tertiary/aromatic N) is 1. The van der Waals surface area contributed by atoms with Crippen LogP contribution in [0.3, 0.4) is 0 Å². The normalized spacial score (nSPS) is 10.5. The largest absolute Gasteiger partial charge is 0.465 e. The van der Waals surface area contributed by atoms with Crippen molar-refractivity contribution in [1.82, 2.24) is 10.2 Å². The van der Waals surface area contributed by atoms with E-state index in [4.69, 9.17) is 28.9 Å². The number of hydrogen-bond acceptors (Lipinski definition) is 4. The van der Waals surface area contributed by atoms with Crippen molar-refractivity contribution >= 4 is 50.9 Å². The summed E-state index contributed by atoms with van der Waals surface area (Å²) in [6.45, 7) is 0. The number of anilines is 1. The van der Waals surface area contributed by atoms with Crippen LogP contribution in [0.2, 0.25) is 10.0 Å². The number of nitrogens with one attached hydrogen (secondary N) is 1. The lowest BCUT2D eigenvalue weighted by Crippen LogP contribution is -2.05. The number of aromatic nitrogens is 2. The van der Waals surface area contributed by atoms with E-state index in [0.29, 0.717) is 25.8 Å². The monoisotopic (exact) mass is 363 g/mol. The number of carbonyl (C=O) groups is 1. The molecule has 100 valence electrons. The van der Waals surface area contributed by atoms with Crippen molar-refractivity contribution in [2.24, 2.45) is 0 Å². The molecule has 0 radical (unpaired) electrons. The highest BCUT2D eigenvalue weighted by Crippen LogP contribution is 2.39. The number of halogens is 3. The SMILES string of the molecule is COC(=O)c1c(N)n[nH]c1-c1c(Cl)cc(Cl)cc1Br. The van der Waals surface area contributed by atoms with Gasteiger partial charge in [0, 0.05) is 15.1 Å². The van der Waals surface area contributed by atoms with Crippen LogP contribution < -0.4 is 5.73 Å². The molecule has 1 aromatic carbocycles. The first-order valence-electron chi connectivity index (χ1n) is 5.02. The Hall–Kier alpha value is -1.24. The summed E-state index contributed by atoms with van der Waals surface area (Å²) in [6.07, 6.45) is 0. The van der Waals surface area contributed by atoms with Gasteiger partial charge in [0.25, 0.3) is 0 Å². The van der Waals surface area contributed by atoms with E-state index in [-0.39, 0.29) is 11.4 Å². The topological polar surface area (TPSA) is 81.0 Å². The number of methoxy groups -OCH3 is 1. The second kappa shape index (κ2) is 5.40. The van der Waals surface area contributed by atoms with Crippen LogP contribution in [0.5, 0.6) is 0 Å². The maximum atomic E-state index is 11.7. The van der Waals surface area contributed by atoms with Crippen LogP contribution in [0.1, 0.15) is 10.4 Å². The van der Waals surface area contributed by atoms with E-state index in [1.165, 1.54) is 7.11 Å². The van der Waals surface area contributed by atoms with Crippen LogP contribution >= 0.6 is 39.1 Å². The quantitative estimate of drug-likeness (QED) is 0.799. The van der Waals surface area contributed by atoms with Gasteiger partial charge in [-0.2, -0.15) is 5.10 Å². The van der Waals surface area contributed by atoms with E-state index >= 15 is 0 Å². The van der Waals surface area contributed by atoms with Crippen molar-refractivity contribution < 1.29 is 9.53 Å². The third kappa shape index (κ3) is 2.56. The standard InChI is InChI=1S/C11H8BrCl2N3O2/c1-19-11(18)8-9(16-17-10(8)15)7-5(12)2-4(13)3-6(7)14/h2-3H,1H3,(H3,15,16,17). The molecule has 5 nitrogen and oxygen atoms in total. The average molecular weight is 365 g/mol. The minimum atomic E-state index is -0.598. The number of nitrogens with two attached hydrogens (primary N) is 1. The van der Waals surface area contributed by atoms with Gasteiger partial charge < -0.3 is 10.5 Å². The van der Waals surface area contributed by atoms with Crippen molar-refractivity contribution in [2.75, 3.05) is 12.8 Å². The summed E-state index contributed by atoms with van der Waals surface area (Å²) in [4.78, 5) is 11.7. The Morgan fingerprint density at radius 2 is 2.16 bits per heavy atom.